The summed E-state index contributed by atoms with van der Waals surface area (Å²) in [5, 5.41) is 109. The number of aliphatic hydroxyl groups is 10. The Kier molecular flexibility index (Phi) is 26.5. The van der Waals surface area contributed by atoms with Crippen molar-refractivity contribution in [1.82, 2.24) is 10.9 Å². The average molecular weight is 1010 g/mol. The highest BCUT2D eigenvalue weighted by molar-refractivity contribution is 5.82. The van der Waals surface area contributed by atoms with Gasteiger partial charge in [0.25, 0.3) is 0 Å². The predicted molar refractivity (Wildman–Crippen MR) is 258 cm³/mol. The summed E-state index contributed by atoms with van der Waals surface area (Å²) in [5.74, 6) is -6.33. The minimum absolute atomic E-state index is 0.0212. The van der Waals surface area contributed by atoms with Crippen molar-refractivity contribution in [2.24, 2.45) is 23.5 Å². The zero-order valence-corrected chi connectivity index (χ0v) is 41.2. The summed E-state index contributed by atoms with van der Waals surface area (Å²) in [5.41, 5.74) is 10.3. The first-order chi connectivity index (χ1) is 33.5. The molecule has 0 aliphatic carbocycles. The fraction of sp³-hybridized carbons (Fsp3) is 0.660. The minimum atomic E-state index is -2.37. The topological polar surface area (TPSA) is 350 Å². The highest BCUT2D eigenvalue weighted by Crippen LogP contribution is 2.38. The van der Waals surface area contributed by atoms with Gasteiger partial charge >= 0.3 is 12.1 Å². The van der Waals surface area contributed by atoms with E-state index in [1.165, 1.54) is 13.0 Å². The summed E-state index contributed by atoms with van der Waals surface area (Å²) in [6, 6.07) is -1.18. The van der Waals surface area contributed by atoms with Gasteiger partial charge in [-0.05, 0) is 40.0 Å². The van der Waals surface area contributed by atoms with E-state index in [9.17, 15) is 65.4 Å². The maximum atomic E-state index is 13.6. The molecule has 2 fully saturated rings. The smallest absolute Gasteiger partial charge is 0.426 e. The summed E-state index contributed by atoms with van der Waals surface area (Å²) >= 11 is 0. The van der Waals surface area contributed by atoms with Crippen LogP contribution in [-0.4, -0.2) is 173 Å². The number of esters is 1. The second kappa shape index (κ2) is 30.8. The molecule has 402 valence electrons. The van der Waals surface area contributed by atoms with E-state index in [1.54, 1.807) is 93.7 Å². The molecule has 2 amide bonds. The minimum Gasteiger partial charge on any atom is -0.462 e. The fourth-order valence-corrected chi connectivity index (χ4v) is 8.35. The number of amides is 2. The Morgan fingerprint density at radius 3 is 1.89 bits per heavy atom. The maximum Gasteiger partial charge on any atom is 0.426 e. The molecule has 19 atom stereocenters. The van der Waals surface area contributed by atoms with E-state index >= 15 is 0 Å². The van der Waals surface area contributed by atoms with E-state index in [2.05, 4.69) is 10.9 Å². The average Bonchev–Trinajstić information content (AvgIpc) is 3.29. The molecule has 21 nitrogen and oxygen atoms in total. The number of aliphatic hydroxyl groups excluding tert-OH is 9. The van der Waals surface area contributed by atoms with Crippen molar-refractivity contribution in [2.75, 3.05) is 6.61 Å². The third-order valence-corrected chi connectivity index (χ3v) is 12.6. The monoisotopic (exact) mass is 1010 g/mol. The second-order valence-corrected chi connectivity index (χ2v) is 18.6. The van der Waals surface area contributed by atoms with Crippen LogP contribution in [0, 0.1) is 17.8 Å². The molecule has 0 saturated carbocycles. The highest BCUT2D eigenvalue weighted by atomic mass is 16.7. The van der Waals surface area contributed by atoms with Crippen molar-refractivity contribution in [3.05, 3.63) is 85.1 Å². The number of fused-ring (bicyclic) bond motifs is 2. The van der Waals surface area contributed by atoms with Crippen molar-refractivity contribution < 1.29 is 89.1 Å². The Hall–Kier alpha value is -4.17. The number of cyclic esters (lactones) is 1. The lowest BCUT2D eigenvalue weighted by Crippen LogP contribution is -2.62. The quantitative estimate of drug-likeness (QED) is 0.134. The fourth-order valence-electron chi connectivity index (χ4n) is 8.35. The van der Waals surface area contributed by atoms with Gasteiger partial charge in [-0.2, -0.15) is 0 Å². The molecule has 3 heterocycles. The van der Waals surface area contributed by atoms with Gasteiger partial charge < -0.3 is 80.5 Å². The normalized spacial score (nSPS) is 42.5. The van der Waals surface area contributed by atoms with E-state index in [-0.39, 0.29) is 38.2 Å². The molecule has 21 heteroatoms. The van der Waals surface area contributed by atoms with Crippen LogP contribution >= 0.6 is 0 Å². The van der Waals surface area contributed by atoms with Crippen LogP contribution in [0.4, 0.5) is 4.79 Å². The number of ether oxygens (including phenoxy) is 5. The Morgan fingerprint density at radius 2 is 1.28 bits per heavy atom. The van der Waals surface area contributed by atoms with Crippen LogP contribution in [-0.2, 0) is 33.3 Å². The Balaban J connectivity index is 1.94. The molecule has 0 unspecified atom stereocenters. The molecule has 3 aliphatic heterocycles. The highest BCUT2D eigenvalue weighted by Gasteiger charge is 2.51. The first-order valence-corrected chi connectivity index (χ1v) is 24.2. The summed E-state index contributed by atoms with van der Waals surface area (Å²) in [6.07, 6.45) is 1.99. The second-order valence-electron chi connectivity index (χ2n) is 18.6. The molecule has 0 aromatic carbocycles. The van der Waals surface area contributed by atoms with Gasteiger partial charge in [-0.15, -0.1) is 0 Å². The standard InChI is InChI=1S/C50H79N3O18/c1-6-67-49(65)53-52-47(64)42-39(59)28-50(66)27-35(56)24-38(58)37(57)22-21-33(54)23-34(55)25-41(60)68-31(4)30(3)44(61)29(2)19-17-15-13-11-9-7-8-10-12-14-16-18-20-36(26-40(42)71-50)70-48-46(63)43(51)45(62)32(5)69-48/h7-20,29-40,42-46,48,54-59,61-63,66H,6,21-28,51H2,1-5H3,(H,52,64)(H,53,65)/b8-7-,11-9-,12-10-,15-13-,16-14-,19-17-,20-18+/t29-,30-,31-,32+,33+,34+,35-,36-,37+,38+,39-,40-,42+,43-,44+,45+,46-,48-,50+/m0/s1. The number of carbonyl (C=O) groups is 3. The molecule has 14 N–H and O–H groups in total. The van der Waals surface area contributed by atoms with E-state index in [0.29, 0.717) is 0 Å². The Bertz CT molecular complexity index is 1840. The molecule has 0 spiro atoms. The van der Waals surface area contributed by atoms with Gasteiger partial charge in [0.15, 0.2) is 12.1 Å². The SMILES string of the molecule is CCOC(=O)NNC(=O)[C@H]1[C@@H]2C[C@@H](O[C@@H]3O[C@H](C)[C@@H](O)[C@H](N)[C@@H]3O)/C=C/C=C\C=C/C=C\C=C/C=C\C=C/[C@H](C)[C@@H](O)[C@@H](C)[C@H](C)OC(=O)C[C@H](O)C[C@H](O)CC[C@@H](O)[C@H](O)C[C@H](O)C[C@](O)(C[C@@H]1O)O2. The van der Waals surface area contributed by atoms with E-state index in [1.807, 2.05) is 13.0 Å². The Morgan fingerprint density at radius 1 is 0.690 bits per heavy atom. The molecular weight excluding hydrogens is 931 g/mol. The number of hydrogen-bond donors (Lipinski definition) is 13. The van der Waals surface area contributed by atoms with Gasteiger partial charge in [-0.3, -0.25) is 15.0 Å². The molecule has 71 heavy (non-hydrogen) atoms. The largest absolute Gasteiger partial charge is 0.462 e. The molecular formula is C50H79N3O18. The third-order valence-electron chi connectivity index (χ3n) is 12.6. The van der Waals surface area contributed by atoms with Crippen molar-refractivity contribution in [1.29, 1.82) is 0 Å². The van der Waals surface area contributed by atoms with E-state index in [4.69, 9.17) is 29.4 Å². The molecule has 0 radical (unpaired) electrons. The third kappa shape index (κ3) is 21.1. The van der Waals surface area contributed by atoms with Crippen LogP contribution in [0.25, 0.3) is 0 Å². The Labute approximate surface area is 415 Å². The number of hydrogen-bond acceptors (Lipinski definition) is 19. The van der Waals surface area contributed by atoms with Gasteiger partial charge in [0.2, 0.25) is 5.91 Å². The zero-order valence-electron chi connectivity index (χ0n) is 41.2. The lowest BCUT2D eigenvalue weighted by atomic mass is 9.82. The number of nitrogens with two attached hydrogens (primary N) is 1. The number of allylic oxidation sites excluding steroid dienone is 12. The van der Waals surface area contributed by atoms with E-state index in [0.717, 1.165) is 0 Å². The molecule has 0 aromatic heterocycles. The van der Waals surface area contributed by atoms with E-state index < -0.39 is 153 Å². The van der Waals surface area contributed by atoms with Crippen LogP contribution < -0.4 is 16.6 Å². The molecule has 2 saturated heterocycles. The summed E-state index contributed by atoms with van der Waals surface area (Å²) < 4.78 is 28.3. The summed E-state index contributed by atoms with van der Waals surface area (Å²) in [6.45, 7) is 8.25. The molecule has 2 bridgehead atoms. The van der Waals surface area contributed by atoms with Crippen molar-refractivity contribution in [3.63, 3.8) is 0 Å². The van der Waals surface area contributed by atoms with Gasteiger partial charge in [0.05, 0.1) is 92.1 Å². The lowest BCUT2D eigenvalue weighted by molar-refractivity contribution is -0.307. The van der Waals surface area contributed by atoms with Gasteiger partial charge in [-0.25, -0.2) is 10.2 Å². The van der Waals surface area contributed by atoms with Crippen LogP contribution in [0.2, 0.25) is 0 Å². The van der Waals surface area contributed by atoms with Gasteiger partial charge in [-0.1, -0.05) is 98.9 Å². The number of rotatable bonds is 4. The number of carbonyl (C=O) groups excluding carboxylic acids is 3. The first-order valence-electron chi connectivity index (χ1n) is 24.2. The zero-order chi connectivity index (χ0) is 52.8. The maximum absolute atomic E-state index is 13.6. The van der Waals surface area contributed by atoms with Crippen molar-refractivity contribution in [2.45, 2.75) is 183 Å². The summed E-state index contributed by atoms with van der Waals surface area (Å²) in [7, 11) is 0. The lowest BCUT2D eigenvalue weighted by Gasteiger charge is -2.46. The molecule has 3 rings (SSSR count). The van der Waals surface area contributed by atoms with Crippen LogP contribution in [0.1, 0.15) is 86.0 Å². The number of nitrogens with one attached hydrogen (secondary N) is 2. The van der Waals surface area contributed by atoms with Crippen LogP contribution in [0.15, 0.2) is 85.1 Å². The number of hydrazine groups is 1. The summed E-state index contributed by atoms with van der Waals surface area (Å²) in [4.78, 5) is 38.4. The molecule has 0 aromatic rings. The van der Waals surface area contributed by atoms with Crippen molar-refractivity contribution >= 4 is 18.0 Å². The van der Waals surface area contributed by atoms with Crippen LogP contribution in [0.3, 0.4) is 0 Å². The first kappa shape index (κ1) is 61.1. The molecule has 3 aliphatic rings. The predicted octanol–water partition coefficient (Wildman–Crippen LogP) is 0.404. The van der Waals surface area contributed by atoms with Crippen LogP contribution in [0.5, 0.6) is 0 Å². The van der Waals surface area contributed by atoms with Crippen molar-refractivity contribution in [3.8, 4) is 0 Å². The van der Waals surface area contributed by atoms with Gasteiger partial charge in [0.1, 0.15) is 12.2 Å². The van der Waals surface area contributed by atoms with Gasteiger partial charge in [0, 0.05) is 37.5 Å².